The van der Waals surface area contributed by atoms with Gasteiger partial charge >= 0.3 is 0 Å². The highest BCUT2D eigenvalue weighted by Crippen LogP contribution is 2.42. The minimum absolute atomic E-state index is 0.0231. The van der Waals surface area contributed by atoms with Crippen LogP contribution in [-0.4, -0.2) is 18.0 Å². The molecule has 2 aromatic carbocycles. The van der Waals surface area contributed by atoms with E-state index in [1.807, 2.05) is 6.07 Å². The van der Waals surface area contributed by atoms with Crippen molar-refractivity contribution in [3.63, 3.8) is 0 Å². The van der Waals surface area contributed by atoms with Crippen LogP contribution in [-0.2, 0) is 6.42 Å². The molecule has 23 heavy (non-hydrogen) atoms. The lowest BCUT2D eigenvalue weighted by Gasteiger charge is -2.13. The summed E-state index contributed by atoms with van der Waals surface area (Å²) in [4.78, 5) is 24.4. The Hall–Kier alpha value is -2.82. The maximum absolute atomic E-state index is 12.2. The fourth-order valence-electron chi connectivity index (χ4n) is 3.41. The number of phenolic OH excluding ortho intramolecular Hbond substituents is 1. The van der Waals surface area contributed by atoms with E-state index < -0.39 is 0 Å². The van der Waals surface area contributed by atoms with Gasteiger partial charge in [-0.25, -0.2) is 0 Å². The van der Waals surface area contributed by atoms with Crippen LogP contribution in [0.3, 0.4) is 0 Å². The predicted octanol–water partition coefficient (Wildman–Crippen LogP) is 3.10. The van der Waals surface area contributed by atoms with E-state index in [0.717, 1.165) is 5.56 Å². The van der Waals surface area contributed by atoms with Gasteiger partial charge < -0.3 is 14.3 Å². The Morgan fingerprint density at radius 1 is 1.13 bits per heavy atom. The van der Waals surface area contributed by atoms with Gasteiger partial charge in [-0.15, -0.1) is 0 Å². The fraction of sp³-hybridized carbons (Fsp3) is 0.222. The summed E-state index contributed by atoms with van der Waals surface area (Å²) >= 11 is 0. The molecule has 1 aliphatic rings. The van der Waals surface area contributed by atoms with Crippen molar-refractivity contribution in [1.29, 1.82) is 0 Å². The number of benzene rings is 2. The van der Waals surface area contributed by atoms with Crippen LogP contribution < -0.4 is 10.2 Å². The van der Waals surface area contributed by atoms with Gasteiger partial charge in [-0.3, -0.25) is 9.59 Å². The lowest BCUT2D eigenvalue weighted by Crippen LogP contribution is -2.03. The van der Waals surface area contributed by atoms with E-state index in [-0.39, 0.29) is 27.9 Å². The van der Waals surface area contributed by atoms with Crippen molar-refractivity contribution >= 4 is 27.5 Å². The first-order valence-electron chi connectivity index (χ1n) is 7.34. The SMILES string of the molecule is COc1c2c(cc3cc(O)c4c(=O)cc(C)oc4c13)CCC2=O. The van der Waals surface area contributed by atoms with Gasteiger partial charge in [0.25, 0.3) is 0 Å². The van der Waals surface area contributed by atoms with E-state index in [1.54, 1.807) is 6.92 Å². The molecule has 1 N–H and O–H groups in total. The summed E-state index contributed by atoms with van der Waals surface area (Å²) in [5, 5.41) is 11.6. The highest BCUT2D eigenvalue weighted by molar-refractivity contribution is 6.16. The van der Waals surface area contributed by atoms with Crippen molar-refractivity contribution in [3.8, 4) is 11.5 Å². The van der Waals surface area contributed by atoms with Crippen molar-refractivity contribution in [2.75, 3.05) is 7.11 Å². The lowest BCUT2D eigenvalue weighted by molar-refractivity contribution is 0.0992. The Kier molecular flexibility index (Phi) is 2.75. The second kappa shape index (κ2) is 4.59. The van der Waals surface area contributed by atoms with Gasteiger partial charge in [-0.2, -0.15) is 0 Å². The van der Waals surface area contributed by atoms with Crippen LogP contribution in [0.2, 0.25) is 0 Å². The third-order valence-electron chi connectivity index (χ3n) is 4.34. The molecule has 4 rings (SSSR count). The molecule has 5 heteroatoms. The van der Waals surface area contributed by atoms with Crippen molar-refractivity contribution in [3.05, 3.63) is 45.3 Å². The average Bonchev–Trinajstić information content (AvgIpc) is 2.85. The van der Waals surface area contributed by atoms with Crippen LogP contribution in [0.25, 0.3) is 21.7 Å². The molecule has 3 aromatic rings. The molecule has 1 aliphatic carbocycles. The number of fused-ring (bicyclic) bond motifs is 4. The van der Waals surface area contributed by atoms with E-state index >= 15 is 0 Å². The summed E-state index contributed by atoms with van der Waals surface area (Å²) in [6.07, 6.45) is 1.09. The monoisotopic (exact) mass is 310 g/mol. The Labute approximate surface area is 131 Å². The molecule has 0 bridgehead atoms. The maximum Gasteiger partial charge on any atom is 0.196 e. The fourth-order valence-corrected chi connectivity index (χ4v) is 3.41. The van der Waals surface area contributed by atoms with E-state index in [1.165, 1.54) is 19.2 Å². The maximum atomic E-state index is 12.2. The van der Waals surface area contributed by atoms with Crippen LogP contribution in [0.15, 0.2) is 27.4 Å². The van der Waals surface area contributed by atoms with Crippen LogP contribution in [0.5, 0.6) is 11.5 Å². The summed E-state index contributed by atoms with van der Waals surface area (Å²) in [6.45, 7) is 1.67. The van der Waals surface area contributed by atoms with Crippen LogP contribution in [0.4, 0.5) is 0 Å². The zero-order chi connectivity index (χ0) is 16.3. The number of aryl methyl sites for hydroxylation is 2. The van der Waals surface area contributed by atoms with Crippen molar-refractivity contribution < 1.29 is 19.1 Å². The minimum Gasteiger partial charge on any atom is -0.507 e. The average molecular weight is 310 g/mol. The molecule has 0 amide bonds. The Morgan fingerprint density at radius 3 is 2.65 bits per heavy atom. The molecule has 0 aliphatic heterocycles. The normalized spacial score (nSPS) is 13.7. The number of phenols is 1. The van der Waals surface area contributed by atoms with Crippen molar-refractivity contribution in [2.45, 2.75) is 19.8 Å². The van der Waals surface area contributed by atoms with Crippen LogP contribution >= 0.6 is 0 Å². The molecule has 0 atom stereocenters. The second-order valence-electron chi connectivity index (χ2n) is 5.79. The smallest absolute Gasteiger partial charge is 0.196 e. The van der Waals surface area contributed by atoms with Crippen LogP contribution in [0.1, 0.15) is 28.1 Å². The molecule has 0 radical (unpaired) electrons. The molecule has 1 aromatic heterocycles. The molecule has 0 unspecified atom stereocenters. The summed E-state index contributed by atoms with van der Waals surface area (Å²) < 4.78 is 11.2. The molecule has 5 nitrogen and oxygen atoms in total. The topological polar surface area (TPSA) is 76.7 Å². The number of Topliss-reactive ketones (excluding diaryl/α,β-unsaturated/α-hetero) is 1. The number of aromatic hydroxyl groups is 1. The van der Waals surface area contributed by atoms with E-state index in [9.17, 15) is 14.7 Å². The standard InChI is InChI=1S/C18H14O5/c1-8-5-12(20)16-13(21)7-10-6-9-3-4-11(19)14(9)17(22-2)15(10)18(16)23-8/h5-7,21H,3-4H2,1-2H3. The Morgan fingerprint density at radius 2 is 1.91 bits per heavy atom. The summed E-state index contributed by atoms with van der Waals surface area (Å²) in [5.74, 6) is 0.740. The first-order chi connectivity index (χ1) is 11.0. The molecule has 116 valence electrons. The first-order valence-corrected chi connectivity index (χ1v) is 7.34. The highest BCUT2D eigenvalue weighted by Gasteiger charge is 2.28. The minimum atomic E-state index is -0.322. The molecule has 1 heterocycles. The number of ketones is 1. The van der Waals surface area contributed by atoms with Crippen molar-refractivity contribution in [2.24, 2.45) is 0 Å². The van der Waals surface area contributed by atoms with Gasteiger partial charge in [0.1, 0.15) is 22.6 Å². The number of methoxy groups -OCH3 is 1. The number of hydrogen-bond acceptors (Lipinski definition) is 5. The summed E-state index contributed by atoms with van der Waals surface area (Å²) in [5.41, 5.74) is 1.38. The lowest BCUT2D eigenvalue weighted by atomic mass is 9.98. The van der Waals surface area contributed by atoms with Gasteiger partial charge in [0.05, 0.1) is 18.1 Å². The third kappa shape index (κ3) is 1.79. The van der Waals surface area contributed by atoms with Crippen molar-refractivity contribution in [1.82, 2.24) is 0 Å². The zero-order valence-electron chi connectivity index (χ0n) is 12.7. The number of carbonyl (C=O) groups excluding carboxylic acids is 1. The number of ether oxygens (including phenoxy) is 1. The number of hydrogen-bond donors (Lipinski definition) is 1. The van der Waals surface area contributed by atoms with E-state index in [2.05, 4.69) is 0 Å². The van der Waals surface area contributed by atoms with E-state index in [0.29, 0.717) is 40.7 Å². The van der Waals surface area contributed by atoms with Gasteiger partial charge in [-0.1, -0.05) is 0 Å². The van der Waals surface area contributed by atoms with Gasteiger partial charge in [0.2, 0.25) is 0 Å². The summed E-state index contributed by atoms with van der Waals surface area (Å²) in [6, 6.07) is 4.72. The van der Waals surface area contributed by atoms with E-state index in [4.69, 9.17) is 9.15 Å². The molecule has 0 fully saturated rings. The Balaban J connectivity index is 2.33. The molecular weight excluding hydrogens is 296 g/mol. The number of carbonyl (C=O) groups is 1. The molecule has 0 saturated carbocycles. The van der Waals surface area contributed by atoms with Gasteiger partial charge in [0, 0.05) is 12.5 Å². The Bertz CT molecular complexity index is 1060. The molecule has 0 spiro atoms. The largest absolute Gasteiger partial charge is 0.507 e. The third-order valence-corrected chi connectivity index (χ3v) is 4.34. The van der Waals surface area contributed by atoms with Gasteiger partial charge in [-0.05, 0) is 36.4 Å². The first kappa shape index (κ1) is 13.8. The quantitative estimate of drug-likeness (QED) is 0.699. The highest BCUT2D eigenvalue weighted by atomic mass is 16.5. The predicted molar refractivity (Wildman–Crippen MR) is 85.6 cm³/mol. The number of rotatable bonds is 1. The summed E-state index contributed by atoms with van der Waals surface area (Å²) in [7, 11) is 1.49. The van der Waals surface area contributed by atoms with Crippen LogP contribution in [0, 0.1) is 6.92 Å². The molecule has 0 saturated heterocycles. The second-order valence-corrected chi connectivity index (χ2v) is 5.79. The molecular formula is C18H14O5. The zero-order valence-corrected chi connectivity index (χ0v) is 12.7. The van der Waals surface area contributed by atoms with Gasteiger partial charge in [0.15, 0.2) is 16.8 Å².